The minimum absolute atomic E-state index is 0.212. The highest BCUT2D eigenvalue weighted by Gasteiger charge is 2.22. The monoisotopic (exact) mass is 217 g/mol. The second kappa shape index (κ2) is 8.08. The van der Waals surface area contributed by atoms with Crippen molar-refractivity contribution in [2.45, 2.75) is 46.1 Å². The summed E-state index contributed by atoms with van der Waals surface area (Å²) in [5, 5.41) is 12.5. The van der Waals surface area contributed by atoms with E-state index in [0.717, 1.165) is 32.4 Å². The standard InChI is InChI=1S/C12H27NO2/c1-12(2,3)11(7-9-14)13-8-5-6-10-15-4/h11,13-14H,5-10H2,1-4H3. The smallest absolute Gasteiger partial charge is 0.0462 e. The van der Waals surface area contributed by atoms with Crippen LogP contribution in [0.25, 0.3) is 0 Å². The summed E-state index contributed by atoms with van der Waals surface area (Å²) < 4.78 is 5.00. The third-order valence-corrected chi connectivity index (χ3v) is 2.63. The number of hydrogen-bond donors (Lipinski definition) is 2. The Hall–Kier alpha value is -0.120. The fourth-order valence-electron chi connectivity index (χ4n) is 1.62. The summed E-state index contributed by atoms with van der Waals surface area (Å²) in [7, 11) is 1.73. The SMILES string of the molecule is COCCCCNC(CCO)C(C)(C)C. The highest BCUT2D eigenvalue weighted by atomic mass is 16.5. The van der Waals surface area contributed by atoms with E-state index in [9.17, 15) is 0 Å². The molecule has 0 fully saturated rings. The van der Waals surface area contributed by atoms with Gasteiger partial charge < -0.3 is 15.2 Å². The molecule has 3 nitrogen and oxygen atoms in total. The van der Waals surface area contributed by atoms with Crippen molar-refractivity contribution in [1.82, 2.24) is 5.32 Å². The Balaban J connectivity index is 3.67. The lowest BCUT2D eigenvalue weighted by Gasteiger charge is -2.31. The van der Waals surface area contributed by atoms with Crippen LogP contribution < -0.4 is 5.32 Å². The first-order valence-electron chi connectivity index (χ1n) is 5.85. The molecule has 0 radical (unpaired) electrons. The van der Waals surface area contributed by atoms with Crippen molar-refractivity contribution in [3.05, 3.63) is 0 Å². The summed E-state index contributed by atoms with van der Waals surface area (Å²) in [6.45, 7) is 8.71. The molecule has 0 aromatic heterocycles. The number of nitrogens with one attached hydrogen (secondary N) is 1. The summed E-state index contributed by atoms with van der Waals surface area (Å²) in [5.74, 6) is 0. The quantitative estimate of drug-likeness (QED) is 0.609. The maximum Gasteiger partial charge on any atom is 0.0462 e. The fourth-order valence-corrected chi connectivity index (χ4v) is 1.62. The van der Waals surface area contributed by atoms with Crippen LogP contribution in [0.5, 0.6) is 0 Å². The van der Waals surface area contributed by atoms with Gasteiger partial charge in [-0.3, -0.25) is 0 Å². The maximum atomic E-state index is 8.98. The van der Waals surface area contributed by atoms with Gasteiger partial charge in [0.15, 0.2) is 0 Å². The van der Waals surface area contributed by atoms with E-state index in [1.165, 1.54) is 0 Å². The maximum absolute atomic E-state index is 8.98. The van der Waals surface area contributed by atoms with Gasteiger partial charge in [0, 0.05) is 26.4 Å². The zero-order chi connectivity index (χ0) is 11.7. The molecule has 92 valence electrons. The predicted molar refractivity (Wildman–Crippen MR) is 64.1 cm³/mol. The van der Waals surface area contributed by atoms with Crippen LogP contribution in [0.3, 0.4) is 0 Å². The van der Waals surface area contributed by atoms with E-state index in [4.69, 9.17) is 9.84 Å². The molecule has 0 saturated heterocycles. The lowest BCUT2D eigenvalue weighted by molar-refractivity contribution is 0.183. The Labute approximate surface area is 94.2 Å². The third-order valence-electron chi connectivity index (χ3n) is 2.63. The minimum Gasteiger partial charge on any atom is -0.396 e. The molecule has 1 unspecified atom stereocenters. The summed E-state index contributed by atoms with van der Waals surface area (Å²) >= 11 is 0. The van der Waals surface area contributed by atoms with Gasteiger partial charge in [-0.15, -0.1) is 0 Å². The molecule has 0 amide bonds. The second-order valence-electron chi connectivity index (χ2n) is 5.08. The molecule has 0 aliphatic rings. The van der Waals surface area contributed by atoms with E-state index >= 15 is 0 Å². The zero-order valence-corrected chi connectivity index (χ0v) is 10.7. The molecule has 0 bridgehead atoms. The first-order valence-corrected chi connectivity index (χ1v) is 5.85. The van der Waals surface area contributed by atoms with Gasteiger partial charge in [-0.05, 0) is 31.2 Å². The number of aliphatic hydroxyl groups is 1. The van der Waals surface area contributed by atoms with Gasteiger partial charge in [0.05, 0.1) is 0 Å². The van der Waals surface area contributed by atoms with Crippen LogP contribution in [0.2, 0.25) is 0 Å². The Kier molecular flexibility index (Phi) is 8.02. The summed E-state index contributed by atoms with van der Waals surface area (Å²) in [5.41, 5.74) is 0.212. The molecule has 0 aromatic carbocycles. The molecular weight excluding hydrogens is 190 g/mol. The van der Waals surface area contributed by atoms with E-state index in [0.29, 0.717) is 6.04 Å². The van der Waals surface area contributed by atoms with Crippen LogP contribution >= 0.6 is 0 Å². The molecular formula is C12H27NO2. The average molecular weight is 217 g/mol. The van der Waals surface area contributed by atoms with E-state index in [-0.39, 0.29) is 12.0 Å². The third kappa shape index (κ3) is 7.77. The highest BCUT2D eigenvalue weighted by Crippen LogP contribution is 2.21. The van der Waals surface area contributed by atoms with Crippen LogP contribution in [-0.4, -0.2) is 38.0 Å². The average Bonchev–Trinajstić information content (AvgIpc) is 2.14. The molecule has 0 aromatic rings. The van der Waals surface area contributed by atoms with Crippen LogP contribution in [0.4, 0.5) is 0 Å². The largest absolute Gasteiger partial charge is 0.396 e. The lowest BCUT2D eigenvalue weighted by atomic mass is 9.85. The molecule has 1 atom stereocenters. The summed E-state index contributed by atoms with van der Waals surface area (Å²) in [4.78, 5) is 0. The number of aliphatic hydroxyl groups excluding tert-OH is 1. The Bertz CT molecular complexity index is 143. The topological polar surface area (TPSA) is 41.5 Å². The number of hydrogen-bond acceptors (Lipinski definition) is 3. The summed E-state index contributed by atoms with van der Waals surface area (Å²) in [6, 6.07) is 0.394. The van der Waals surface area contributed by atoms with Crippen molar-refractivity contribution in [2.75, 3.05) is 26.9 Å². The second-order valence-corrected chi connectivity index (χ2v) is 5.08. The normalized spacial score (nSPS) is 14.2. The molecule has 2 N–H and O–H groups in total. The van der Waals surface area contributed by atoms with Crippen molar-refractivity contribution in [3.63, 3.8) is 0 Å². The van der Waals surface area contributed by atoms with Crippen LogP contribution in [-0.2, 0) is 4.74 Å². The highest BCUT2D eigenvalue weighted by molar-refractivity contribution is 4.79. The van der Waals surface area contributed by atoms with Crippen molar-refractivity contribution in [1.29, 1.82) is 0 Å². The van der Waals surface area contributed by atoms with Crippen molar-refractivity contribution in [3.8, 4) is 0 Å². The van der Waals surface area contributed by atoms with Gasteiger partial charge in [-0.2, -0.15) is 0 Å². The van der Waals surface area contributed by atoms with Gasteiger partial charge in [0.2, 0.25) is 0 Å². The van der Waals surface area contributed by atoms with Crippen molar-refractivity contribution in [2.24, 2.45) is 5.41 Å². The van der Waals surface area contributed by atoms with E-state index < -0.39 is 0 Å². The van der Waals surface area contributed by atoms with Gasteiger partial charge >= 0.3 is 0 Å². The summed E-state index contributed by atoms with van der Waals surface area (Å²) in [6.07, 6.45) is 3.05. The van der Waals surface area contributed by atoms with Crippen LogP contribution in [0.1, 0.15) is 40.0 Å². The number of methoxy groups -OCH3 is 1. The van der Waals surface area contributed by atoms with Gasteiger partial charge in [0.25, 0.3) is 0 Å². The molecule has 0 spiro atoms. The van der Waals surface area contributed by atoms with E-state index in [2.05, 4.69) is 26.1 Å². The zero-order valence-electron chi connectivity index (χ0n) is 10.7. The van der Waals surface area contributed by atoms with Gasteiger partial charge in [0.1, 0.15) is 0 Å². The molecule has 0 saturated carbocycles. The fraction of sp³-hybridized carbons (Fsp3) is 1.00. The number of ether oxygens (including phenoxy) is 1. The van der Waals surface area contributed by atoms with Crippen molar-refractivity contribution < 1.29 is 9.84 Å². The lowest BCUT2D eigenvalue weighted by Crippen LogP contribution is -2.41. The van der Waals surface area contributed by atoms with Crippen LogP contribution in [0.15, 0.2) is 0 Å². The van der Waals surface area contributed by atoms with Crippen molar-refractivity contribution >= 4 is 0 Å². The van der Waals surface area contributed by atoms with E-state index in [1.807, 2.05) is 0 Å². The Morgan fingerprint density at radius 2 is 1.93 bits per heavy atom. The molecule has 0 rings (SSSR count). The first kappa shape index (κ1) is 14.9. The van der Waals surface area contributed by atoms with Crippen LogP contribution in [0, 0.1) is 5.41 Å². The first-order chi connectivity index (χ1) is 7.02. The predicted octanol–water partition coefficient (Wildman–Crippen LogP) is 1.80. The van der Waals surface area contributed by atoms with Gasteiger partial charge in [-0.1, -0.05) is 20.8 Å². The van der Waals surface area contributed by atoms with Gasteiger partial charge in [-0.25, -0.2) is 0 Å². The Morgan fingerprint density at radius 1 is 1.27 bits per heavy atom. The number of rotatable bonds is 8. The molecule has 15 heavy (non-hydrogen) atoms. The molecule has 3 heteroatoms. The number of unbranched alkanes of at least 4 members (excludes halogenated alkanes) is 1. The molecule has 0 aliphatic heterocycles. The minimum atomic E-state index is 0.212. The van der Waals surface area contributed by atoms with E-state index in [1.54, 1.807) is 7.11 Å². The molecule has 0 aliphatic carbocycles. The molecule has 0 heterocycles. The Morgan fingerprint density at radius 3 is 2.40 bits per heavy atom.